The number of thiocarbonyl (C=S) groups is 1. The molecule has 0 radical (unpaired) electrons. The molecule has 1 aliphatic rings. The van der Waals surface area contributed by atoms with Gasteiger partial charge in [-0.3, -0.25) is 19.8 Å². The third-order valence-electron chi connectivity index (χ3n) is 3.66. The zero-order valence-electron chi connectivity index (χ0n) is 13.7. The van der Waals surface area contributed by atoms with Crippen molar-refractivity contribution in [3.63, 3.8) is 0 Å². The van der Waals surface area contributed by atoms with E-state index in [0.29, 0.717) is 39.5 Å². The van der Waals surface area contributed by atoms with E-state index < -0.39 is 4.92 Å². The van der Waals surface area contributed by atoms with Gasteiger partial charge in [-0.05, 0) is 18.2 Å². The Morgan fingerprint density at radius 1 is 1.35 bits per heavy atom. The molecule has 1 fully saturated rings. The summed E-state index contributed by atoms with van der Waals surface area (Å²) in [5.41, 5.74) is 0.337. The zero-order chi connectivity index (χ0) is 18.7. The number of furan rings is 1. The van der Waals surface area contributed by atoms with Crippen molar-refractivity contribution < 1.29 is 18.9 Å². The van der Waals surface area contributed by atoms with E-state index in [4.69, 9.17) is 21.4 Å². The third-order valence-corrected chi connectivity index (χ3v) is 5.04. The average molecular weight is 390 g/mol. The Morgan fingerprint density at radius 3 is 2.85 bits per heavy atom. The molecule has 1 aliphatic heterocycles. The molecular formula is C17H14N2O5S2. The fourth-order valence-electron chi connectivity index (χ4n) is 2.42. The second-order valence-electron chi connectivity index (χ2n) is 5.30. The van der Waals surface area contributed by atoms with Gasteiger partial charge < -0.3 is 9.15 Å². The van der Waals surface area contributed by atoms with E-state index in [1.807, 2.05) is 0 Å². The van der Waals surface area contributed by atoms with Crippen LogP contribution in [-0.2, 0) is 9.53 Å². The number of nitro groups is 1. The largest absolute Gasteiger partial charge is 0.456 e. The van der Waals surface area contributed by atoms with Crippen LogP contribution in [0.5, 0.6) is 0 Å². The van der Waals surface area contributed by atoms with Gasteiger partial charge in [-0.1, -0.05) is 36.1 Å². The van der Waals surface area contributed by atoms with Gasteiger partial charge in [-0.2, -0.15) is 0 Å². The topological polar surface area (TPSA) is 85.8 Å². The summed E-state index contributed by atoms with van der Waals surface area (Å²) in [4.78, 5) is 25.0. The fourth-order valence-corrected chi connectivity index (χ4v) is 3.71. The molecule has 3 rings (SSSR count). The standard InChI is InChI=1S/C17H14N2O5S2/c1-23-9-8-18-16(20)15(26-17(18)25)10-11-6-7-14(24-11)12-4-2-3-5-13(12)19(21)22/h2-7,10H,8-9H2,1H3/b15-10+. The Kier molecular flexibility index (Phi) is 5.50. The van der Waals surface area contributed by atoms with Gasteiger partial charge in [0.1, 0.15) is 15.8 Å². The maximum Gasteiger partial charge on any atom is 0.280 e. The van der Waals surface area contributed by atoms with Crippen molar-refractivity contribution in [3.8, 4) is 11.3 Å². The lowest BCUT2D eigenvalue weighted by atomic mass is 10.1. The number of para-hydroxylation sites is 1. The van der Waals surface area contributed by atoms with Crippen molar-refractivity contribution in [1.82, 2.24) is 4.90 Å². The summed E-state index contributed by atoms with van der Waals surface area (Å²) in [5, 5.41) is 11.2. The van der Waals surface area contributed by atoms with E-state index in [1.165, 1.54) is 22.7 Å². The number of hydrogen-bond acceptors (Lipinski definition) is 7. The smallest absolute Gasteiger partial charge is 0.280 e. The molecule has 1 aromatic heterocycles. The van der Waals surface area contributed by atoms with Gasteiger partial charge in [0.2, 0.25) is 0 Å². The highest BCUT2D eigenvalue weighted by Gasteiger charge is 2.32. The molecular weight excluding hydrogens is 376 g/mol. The Morgan fingerprint density at radius 2 is 2.12 bits per heavy atom. The molecule has 2 heterocycles. The number of carbonyl (C=O) groups excluding carboxylic acids is 1. The summed E-state index contributed by atoms with van der Waals surface area (Å²) < 4.78 is 11.1. The number of rotatable bonds is 6. The third kappa shape index (κ3) is 3.69. The number of hydrogen-bond donors (Lipinski definition) is 0. The monoisotopic (exact) mass is 390 g/mol. The van der Waals surface area contributed by atoms with Crippen LogP contribution >= 0.6 is 24.0 Å². The molecule has 26 heavy (non-hydrogen) atoms. The molecule has 0 aliphatic carbocycles. The van der Waals surface area contributed by atoms with Crippen LogP contribution in [0.3, 0.4) is 0 Å². The first kappa shape index (κ1) is 18.3. The zero-order valence-corrected chi connectivity index (χ0v) is 15.3. The molecule has 2 aromatic rings. The number of methoxy groups -OCH3 is 1. The minimum atomic E-state index is -0.460. The van der Waals surface area contributed by atoms with Gasteiger partial charge in [0, 0.05) is 19.3 Å². The minimum Gasteiger partial charge on any atom is -0.456 e. The van der Waals surface area contributed by atoms with Gasteiger partial charge in [0.15, 0.2) is 0 Å². The van der Waals surface area contributed by atoms with Crippen molar-refractivity contribution in [2.45, 2.75) is 0 Å². The number of thioether (sulfide) groups is 1. The van der Waals surface area contributed by atoms with Crippen LogP contribution in [0.4, 0.5) is 5.69 Å². The highest BCUT2D eigenvalue weighted by Crippen LogP contribution is 2.35. The van der Waals surface area contributed by atoms with Crippen molar-refractivity contribution >= 4 is 46.0 Å². The van der Waals surface area contributed by atoms with E-state index >= 15 is 0 Å². The second-order valence-corrected chi connectivity index (χ2v) is 6.98. The Labute approximate surface area is 158 Å². The van der Waals surface area contributed by atoms with Gasteiger partial charge in [0.25, 0.3) is 11.6 Å². The summed E-state index contributed by atoms with van der Waals surface area (Å²) in [7, 11) is 1.56. The lowest BCUT2D eigenvalue weighted by molar-refractivity contribution is -0.384. The van der Waals surface area contributed by atoms with E-state index in [-0.39, 0.29) is 11.6 Å². The highest BCUT2D eigenvalue weighted by molar-refractivity contribution is 8.26. The predicted octanol–water partition coefficient (Wildman–Crippen LogP) is 3.70. The SMILES string of the molecule is COCCN1C(=O)/C(=C\c2ccc(-c3ccccc3[N+](=O)[O-])o2)SC1=S. The Hall–Kier alpha value is -2.49. The van der Waals surface area contributed by atoms with Crippen LogP contribution in [0.25, 0.3) is 17.4 Å². The lowest BCUT2D eigenvalue weighted by Crippen LogP contribution is -2.31. The second kappa shape index (κ2) is 7.81. The number of benzene rings is 1. The van der Waals surface area contributed by atoms with Crippen molar-refractivity contribution in [1.29, 1.82) is 0 Å². The van der Waals surface area contributed by atoms with Gasteiger partial charge >= 0.3 is 0 Å². The molecule has 134 valence electrons. The van der Waals surface area contributed by atoms with Crippen LogP contribution in [0, 0.1) is 10.1 Å². The van der Waals surface area contributed by atoms with E-state index in [9.17, 15) is 14.9 Å². The first-order valence-electron chi connectivity index (χ1n) is 7.59. The normalized spacial score (nSPS) is 15.9. The predicted molar refractivity (Wildman–Crippen MR) is 103 cm³/mol. The van der Waals surface area contributed by atoms with E-state index in [2.05, 4.69) is 0 Å². The van der Waals surface area contributed by atoms with E-state index in [0.717, 1.165) is 0 Å². The van der Waals surface area contributed by atoms with Crippen LogP contribution in [0.15, 0.2) is 45.7 Å². The summed E-state index contributed by atoms with van der Waals surface area (Å²) in [6.07, 6.45) is 1.59. The van der Waals surface area contributed by atoms with Crippen LogP contribution in [-0.4, -0.2) is 40.3 Å². The van der Waals surface area contributed by atoms with Crippen LogP contribution in [0.2, 0.25) is 0 Å². The summed E-state index contributed by atoms with van der Waals surface area (Å²) >= 11 is 6.40. The van der Waals surface area contributed by atoms with Crippen LogP contribution in [0.1, 0.15) is 5.76 Å². The Balaban J connectivity index is 1.85. The Bertz CT molecular complexity index is 906. The molecule has 0 spiro atoms. The lowest BCUT2D eigenvalue weighted by Gasteiger charge is -2.12. The number of carbonyl (C=O) groups is 1. The summed E-state index contributed by atoms with van der Waals surface area (Å²) in [5.74, 6) is 0.574. The molecule has 1 amide bonds. The van der Waals surface area contributed by atoms with E-state index in [1.54, 1.807) is 43.5 Å². The molecule has 1 aromatic carbocycles. The number of ether oxygens (including phenoxy) is 1. The van der Waals surface area contributed by atoms with Gasteiger partial charge in [0.05, 0.1) is 28.5 Å². The van der Waals surface area contributed by atoms with Gasteiger partial charge in [-0.25, -0.2) is 0 Å². The molecule has 7 nitrogen and oxygen atoms in total. The molecule has 1 saturated heterocycles. The number of nitrogens with zero attached hydrogens (tertiary/aromatic N) is 2. The molecule has 0 saturated carbocycles. The first-order chi connectivity index (χ1) is 12.5. The van der Waals surface area contributed by atoms with Gasteiger partial charge in [-0.15, -0.1) is 0 Å². The molecule has 9 heteroatoms. The number of amides is 1. The summed E-state index contributed by atoms with van der Waals surface area (Å²) in [6.45, 7) is 0.778. The first-order valence-corrected chi connectivity index (χ1v) is 8.81. The molecule has 0 atom stereocenters. The highest BCUT2D eigenvalue weighted by atomic mass is 32.2. The molecule has 0 bridgehead atoms. The molecule has 0 unspecified atom stereocenters. The average Bonchev–Trinajstić information content (AvgIpc) is 3.19. The fraction of sp³-hybridized carbons (Fsp3) is 0.176. The minimum absolute atomic E-state index is 0.0423. The maximum atomic E-state index is 12.4. The van der Waals surface area contributed by atoms with Crippen molar-refractivity contribution in [2.75, 3.05) is 20.3 Å². The maximum absolute atomic E-state index is 12.4. The van der Waals surface area contributed by atoms with Crippen molar-refractivity contribution in [2.24, 2.45) is 0 Å². The van der Waals surface area contributed by atoms with Crippen molar-refractivity contribution in [3.05, 3.63) is 57.2 Å². The molecule has 0 N–H and O–H groups in total. The quantitative estimate of drug-likeness (QED) is 0.322. The number of nitro benzene ring substituents is 1. The van der Waals surface area contributed by atoms with Crippen LogP contribution < -0.4 is 0 Å². The summed E-state index contributed by atoms with van der Waals surface area (Å²) in [6, 6.07) is 9.62.